The van der Waals surface area contributed by atoms with Gasteiger partial charge < -0.3 is 0 Å². The Bertz CT molecular complexity index is 378. The van der Waals surface area contributed by atoms with E-state index in [0.29, 0.717) is 12.3 Å². The highest BCUT2D eigenvalue weighted by Crippen LogP contribution is 2.42. The van der Waals surface area contributed by atoms with Gasteiger partial charge in [-0.2, -0.15) is 0 Å². The maximum absolute atomic E-state index is 12.0. The van der Waals surface area contributed by atoms with Gasteiger partial charge in [0.1, 0.15) is 0 Å². The zero-order chi connectivity index (χ0) is 12.5. The Morgan fingerprint density at radius 3 is 2.44 bits per heavy atom. The van der Waals surface area contributed by atoms with Crippen LogP contribution in [0.15, 0.2) is 35.5 Å². The van der Waals surface area contributed by atoms with Crippen molar-refractivity contribution < 1.29 is 4.79 Å². The lowest BCUT2D eigenvalue weighted by Gasteiger charge is -2.35. The van der Waals surface area contributed by atoms with Crippen molar-refractivity contribution in [2.45, 2.75) is 41.0 Å². The van der Waals surface area contributed by atoms with Crippen molar-refractivity contribution >= 4 is 5.78 Å². The Kier molecular flexibility index (Phi) is 3.57. The normalized spacial score (nSPS) is 25.8. The van der Waals surface area contributed by atoms with E-state index in [9.17, 15) is 4.79 Å². The molecule has 0 aromatic rings. The molecule has 0 bridgehead atoms. The standard InChI is InChI=1S/C15H22O/c1-7-15(6)9-14(16)12(10(2)3)8-13(15)11(4)5/h7-8,11H,1,9H2,2-6H3/t15-/m0/s1. The van der Waals surface area contributed by atoms with Crippen LogP contribution in [0.5, 0.6) is 0 Å². The number of carbonyl (C=O) groups excluding carboxylic acids is 1. The average molecular weight is 218 g/mol. The van der Waals surface area contributed by atoms with Crippen molar-refractivity contribution in [3.8, 4) is 0 Å². The summed E-state index contributed by atoms with van der Waals surface area (Å²) < 4.78 is 0. The molecule has 1 nitrogen and oxygen atoms in total. The predicted octanol–water partition coefficient (Wildman–Crippen LogP) is 4.07. The fourth-order valence-electron chi connectivity index (χ4n) is 2.37. The highest BCUT2D eigenvalue weighted by Gasteiger charge is 2.35. The van der Waals surface area contributed by atoms with Gasteiger partial charge in [0.2, 0.25) is 0 Å². The highest BCUT2D eigenvalue weighted by atomic mass is 16.1. The molecule has 0 fully saturated rings. The van der Waals surface area contributed by atoms with Gasteiger partial charge >= 0.3 is 0 Å². The van der Waals surface area contributed by atoms with E-state index in [1.807, 2.05) is 19.9 Å². The molecule has 0 spiro atoms. The monoisotopic (exact) mass is 218 g/mol. The lowest BCUT2D eigenvalue weighted by Crippen LogP contribution is -2.29. The summed E-state index contributed by atoms with van der Waals surface area (Å²) in [5.74, 6) is 0.692. The number of hydrogen-bond acceptors (Lipinski definition) is 1. The van der Waals surface area contributed by atoms with Crippen LogP contribution in [0.3, 0.4) is 0 Å². The van der Waals surface area contributed by atoms with Gasteiger partial charge in [-0.25, -0.2) is 0 Å². The summed E-state index contributed by atoms with van der Waals surface area (Å²) in [6.07, 6.45) is 4.55. The molecule has 0 aromatic carbocycles. The Morgan fingerprint density at radius 1 is 1.50 bits per heavy atom. The molecule has 0 aromatic heterocycles. The van der Waals surface area contributed by atoms with E-state index in [1.54, 1.807) is 0 Å². The van der Waals surface area contributed by atoms with Gasteiger partial charge in [-0.15, -0.1) is 6.58 Å². The van der Waals surface area contributed by atoms with Gasteiger partial charge in [0, 0.05) is 17.4 Å². The molecule has 0 heterocycles. The fraction of sp³-hybridized carbons (Fsp3) is 0.533. The third-order valence-electron chi connectivity index (χ3n) is 3.40. The quantitative estimate of drug-likeness (QED) is 0.504. The number of allylic oxidation sites excluding steroid dienone is 5. The van der Waals surface area contributed by atoms with E-state index >= 15 is 0 Å². The van der Waals surface area contributed by atoms with E-state index < -0.39 is 0 Å². The number of hydrogen-bond donors (Lipinski definition) is 0. The summed E-state index contributed by atoms with van der Waals surface area (Å²) in [5.41, 5.74) is 3.15. The first-order valence-corrected chi connectivity index (χ1v) is 5.88. The number of carbonyl (C=O) groups is 1. The van der Waals surface area contributed by atoms with Crippen LogP contribution >= 0.6 is 0 Å². The Morgan fingerprint density at radius 2 is 2.06 bits per heavy atom. The molecule has 0 N–H and O–H groups in total. The molecule has 0 aliphatic heterocycles. The first-order valence-electron chi connectivity index (χ1n) is 5.88. The number of Topliss-reactive ketones (excluding diaryl/α,β-unsaturated/α-hetero) is 1. The van der Waals surface area contributed by atoms with Gasteiger partial charge in [-0.3, -0.25) is 4.79 Å². The molecule has 1 aliphatic carbocycles. The number of rotatable bonds is 2. The summed E-state index contributed by atoms with van der Waals surface area (Å²) >= 11 is 0. The van der Waals surface area contributed by atoms with Crippen LogP contribution in [0.1, 0.15) is 41.0 Å². The topological polar surface area (TPSA) is 17.1 Å². The van der Waals surface area contributed by atoms with Crippen molar-refractivity contribution in [1.29, 1.82) is 0 Å². The minimum Gasteiger partial charge on any atom is -0.294 e. The second-order valence-electron chi connectivity index (χ2n) is 5.39. The molecule has 88 valence electrons. The van der Waals surface area contributed by atoms with Crippen LogP contribution in [0.2, 0.25) is 0 Å². The highest BCUT2D eigenvalue weighted by molar-refractivity contribution is 6.01. The van der Waals surface area contributed by atoms with Crippen LogP contribution in [0, 0.1) is 11.3 Å². The summed E-state index contributed by atoms with van der Waals surface area (Å²) in [5, 5.41) is 0. The predicted molar refractivity (Wildman–Crippen MR) is 69.2 cm³/mol. The minimum atomic E-state index is -0.162. The summed E-state index contributed by atoms with van der Waals surface area (Å²) in [4.78, 5) is 12.0. The van der Waals surface area contributed by atoms with Gasteiger partial charge in [0.15, 0.2) is 5.78 Å². The zero-order valence-corrected chi connectivity index (χ0v) is 11.1. The van der Waals surface area contributed by atoms with Crippen molar-refractivity contribution in [2.75, 3.05) is 0 Å². The Balaban J connectivity index is 3.36. The van der Waals surface area contributed by atoms with Crippen LogP contribution in [-0.2, 0) is 4.79 Å². The van der Waals surface area contributed by atoms with E-state index in [0.717, 1.165) is 11.1 Å². The summed E-state index contributed by atoms with van der Waals surface area (Å²) in [6.45, 7) is 14.3. The largest absolute Gasteiger partial charge is 0.294 e. The van der Waals surface area contributed by atoms with Crippen LogP contribution < -0.4 is 0 Å². The maximum Gasteiger partial charge on any atom is 0.163 e. The molecule has 0 saturated carbocycles. The van der Waals surface area contributed by atoms with Crippen molar-refractivity contribution in [3.05, 3.63) is 35.5 Å². The second-order valence-corrected chi connectivity index (χ2v) is 5.39. The average Bonchev–Trinajstić information content (AvgIpc) is 2.16. The Hall–Kier alpha value is -1.11. The number of ketones is 1. The lowest BCUT2D eigenvalue weighted by atomic mass is 9.68. The molecular weight excluding hydrogens is 196 g/mol. The molecule has 0 saturated heterocycles. The van der Waals surface area contributed by atoms with Crippen LogP contribution in [-0.4, -0.2) is 5.78 Å². The first kappa shape index (κ1) is 13.0. The molecule has 1 heteroatoms. The molecule has 0 amide bonds. The van der Waals surface area contributed by atoms with Gasteiger partial charge in [0.25, 0.3) is 0 Å². The first-order chi connectivity index (χ1) is 7.31. The third kappa shape index (κ3) is 2.18. The minimum absolute atomic E-state index is 0.162. The zero-order valence-electron chi connectivity index (χ0n) is 11.1. The third-order valence-corrected chi connectivity index (χ3v) is 3.40. The second kappa shape index (κ2) is 4.40. The molecule has 0 radical (unpaired) electrons. The molecule has 1 rings (SSSR count). The molecule has 1 atom stereocenters. The van der Waals surface area contributed by atoms with Gasteiger partial charge in [-0.05, 0) is 19.8 Å². The molecule has 16 heavy (non-hydrogen) atoms. The van der Waals surface area contributed by atoms with E-state index in [-0.39, 0.29) is 11.2 Å². The summed E-state index contributed by atoms with van der Waals surface area (Å²) in [6, 6.07) is 0. The van der Waals surface area contributed by atoms with Crippen molar-refractivity contribution in [2.24, 2.45) is 11.3 Å². The molecule has 1 aliphatic rings. The van der Waals surface area contributed by atoms with E-state index in [4.69, 9.17) is 0 Å². The van der Waals surface area contributed by atoms with E-state index in [1.165, 1.54) is 5.57 Å². The SMILES string of the molecule is C=C[C@@]1(C)CC(=O)C(=C(C)C)C=C1C(C)C. The Labute approximate surface area is 98.9 Å². The molecular formula is C15H22O. The molecule has 0 unspecified atom stereocenters. The van der Waals surface area contributed by atoms with Crippen LogP contribution in [0.25, 0.3) is 0 Å². The fourth-order valence-corrected chi connectivity index (χ4v) is 2.37. The van der Waals surface area contributed by atoms with Crippen molar-refractivity contribution in [3.63, 3.8) is 0 Å². The lowest BCUT2D eigenvalue weighted by molar-refractivity contribution is -0.116. The van der Waals surface area contributed by atoms with Crippen molar-refractivity contribution in [1.82, 2.24) is 0 Å². The van der Waals surface area contributed by atoms with Crippen LogP contribution in [0.4, 0.5) is 0 Å². The smallest absolute Gasteiger partial charge is 0.163 e. The summed E-state index contributed by atoms with van der Waals surface area (Å²) in [7, 11) is 0. The van der Waals surface area contributed by atoms with Gasteiger partial charge in [0.05, 0.1) is 0 Å². The van der Waals surface area contributed by atoms with Gasteiger partial charge in [-0.1, -0.05) is 44.1 Å². The maximum atomic E-state index is 12.0. The van der Waals surface area contributed by atoms with E-state index in [2.05, 4.69) is 33.4 Å².